The van der Waals surface area contributed by atoms with Crippen LogP contribution in [0, 0.1) is 0 Å². The van der Waals surface area contributed by atoms with Crippen LogP contribution in [-0.4, -0.2) is 45.7 Å². The zero-order chi connectivity index (χ0) is 30.8. The molecule has 6 nitrogen and oxygen atoms in total. The third kappa shape index (κ3) is 9.30. The van der Waals surface area contributed by atoms with E-state index in [0.29, 0.717) is 17.0 Å². The second-order valence-electron chi connectivity index (χ2n) is 9.80. The first-order chi connectivity index (χ1) is 18.8. The number of thiocarbonyl (C=S) groups is 1. The number of esters is 1. The van der Waals surface area contributed by atoms with Crippen molar-refractivity contribution in [1.29, 1.82) is 0 Å². The first kappa shape index (κ1) is 32.6. The topological polar surface area (TPSA) is 75.7 Å². The second-order valence-corrected chi connectivity index (χ2v) is 12.4. The molecule has 2 aromatic rings. The van der Waals surface area contributed by atoms with E-state index in [2.05, 4.69) is 5.32 Å². The minimum atomic E-state index is -4.97. The summed E-state index contributed by atoms with van der Waals surface area (Å²) in [6.45, 7) is 5.20. The summed E-state index contributed by atoms with van der Waals surface area (Å²) in [6, 6.07) is 2.71. The predicted molar refractivity (Wildman–Crippen MR) is 148 cm³/mol. The Labute approximate surface area is 245 Å². The molecule has 1 aliphatic rings. The largest absolute Gasteiger partial charge is 0.460 e. The Kier molecular flexibility index (Phi) is 9.96. The lowest BCUT2D eigenvalue weighted by atomic mass is 10.0. The van der Waals surface area contributed by atoms with Crippen LogP contribution in [0.15, 0.2) is 34.6 Å². The maximum atomic E-state index is 13.2. The first-order valence-electron chi connectivity index (χ1n) is 12.0. The van der Waals surface area contributed by atoms with E-state index in [0.717, 1.165) is 23.1 Å². The summed E-state index contributed by atoms with van der Waals surface area (Å²) in [6.07, 6.45) is -8.62. The second kappa shape index (κ2) is 12.5. The number of hydrogen-bond acceptors (Lipinski definition) is 7. The zero-order valence-corrected chi connectivity index (χ0v) is 24.3. The number of hydrogen-bond donors (Lipinski definition) is 1. The minimum Gasteiger partial charge on any atom is -0.460 e. The summed E-state index contributed by atoms with van der Waals surface area (Å²) in [5, 5.41) is 3.96. The molecule has 222 valence electrons. The molecule has 0 aliphatic carbocycles. The number of carbonyl (C=O) groups excluding carboxylic acids is 3. The Hall–Kier alpha value is -2.91. The molecule has 0 bridgehead atoms. The van der Waals surface area contributed by atoms with Crippen LogP contribution in [0.1, 0.15) is 49.6 Å². The number of carbonyl (C=O) groups is 3. The molecular weight excluding hydrogens is 614 g/mol. The maximum Gasteiger partial charge on any atom is 0.416 e. The molecule has 2 heterocycles. The molecule has 0 atom stereocenters. The van der Waals surface area contributed by atoms with E-state index in [9.17, 15) is 40.7 Å². The van der Waals surface area contributed by atoms with Crippen LogP contribution in [0.5, 0.6) is 0 Å². The maximum absolute atomic E-state index is 13.2. The molecule has 1 saturated heterocycles. The molecule has 0 spiro atoms. The van der Waals surface area contributed by atoms with Crippen LogP contribution in [-0.2, 0) is 31.5 Å². The lowest BCUT2D eigenvalue weighted by Gasteiger charge is -2.19. The van der Waals surface area contributed by atoms with Gasteiger partial charge in [0, 0.05) is 24.4 Å². The Morgan fingerprint density at radius 1 is 0.976 bits per heavy atom. The van der Waals surface area contributed by atoms with E-state index in [1.807, 2.05) is 0 Å². The van der Waals surface area contributed by atoms with E-state index in [4.69, 9.17) is 17.0 Å². The Bertz CT molecular complexity index is 1340. The number of thioether (sulfide) groups is 1. The standard InChI is InChI=1S/C26H24F6N2O4S3/c1-24(2,3)38-21(36)4-6-33-20(35)5-7-34-22(37)19(41-23(34)39)12-18-10-15(13-40-18)14-8-16(25(27,28)29)11-17(9-14)26(30,31)32/h8-13H,4-7H2,1-3H3,(H,33,35). The molecule has 0 radical (unpaired) electrons. The molecular formula is C26H24F6N2O4S3. The fourth-order valence-corrected chi connectivity index (χ4v) is 5.74. The van der Waals surface area contributed by atoms with Crippen molar-refractivity contribution in [2.45, 2.75) is 51.6 Å². The van der Waals surface area contributed by atoms with Crippen molar-refractivity contribution in [2.24, 2.45) is 0 Å². The first-order valence-corrected chi connectivity index (χ1v) is 14.1. The number of alkyl halides is 6. The van der Waals surface area contributed by atoms with Crippen molar-refractivity contribution in [3.8, 4) is 11.1 Å². The highest BCUT2D eigenvalue weighted by Crippen LogP contribution is 2.40. The van der Waals surface area contributed by atoms with Gasteiger partial charge in [0.1, 0.15) is 9.92 Å². The molecule has 3 rings (SSSR count). The van der Waals surface area contributed by atoms with Gasteiger partial charge in [0.2, 0.25) is 5.91 Å². The SMILES string of the molecule is CC(C)(C)OC(=O)CCNC(=O)CCN1C(=O)C(=Cc2cc(-c3cc(C(F)(F)F)cc(C(F)(F)F)c3)cs2)SC1=S. The highest BCUT2D eigenvalue weighted by Gasteiger charge is 2.37. The van der Waals surface area contributed by atoms with Gasteiger partial charge in [-0.05, 0) is 67.6 Å². The smallest absolute Gasteiger partial charge is 0.416 e. The predicted octanol–water partition coefficient (Wildman–Crippen LogP) is 6.89. The fraction of sp³-hybridized carbons (Fsp3) is 0.385. The van der Waals surface area contributed by atoms with Crippen LogP contribution >= 0.6 is 35.3 Å². The van der Waals surface area contributed by atoms with Gasteiger partial charge in [-0.1, -0.05) is 24.0 Å². The van der Waals surface area contributed by atoms with Crippen LogP contribution < -0.4 is 5.32 Å². The number of nitrogens with one attached hydrogen (secondary N) is 1. The van der Waals surface area contributed by atoms with Crippen LogP contribution in [0.25, 0.3) is 17.2 Å². The van der Waals surface area contributed by atoms with Gasteiger partial charge >= 0.3 is 18.3 Å². The van der Waals surface area contributed by atoms with Gasteiger partial charge in [0.05, 0.1) is 22.5 Å². The molecule has 1 fully saturated rings. The van der Waals surface area contributed by atoms with Gasteiger partial charge in [-0.3, -0.25) is 19.3 Å². The summed E-state index contributed by atoms with van der Waals surface area (Å²) >= 11 is 7.22. The van der Waals surface area contributed by atoms with Crippen LogP contribution in [0.4, 0.5) is 26.3 Å². The van der Waals surface area contributed by atoms with Gasteiger partial charge < -0.3 is 10.1 Å². The zero-order valence-electron chi connectivity index (χ0n) is 21.9. The average Bonchev–Trinajstić information content (AvgIpc) is 3.39. The van der Waals surface area contributed by atoms with Crippen molar-refractivity contribution in [3.05, 3.63) is 50.6 Å². The Morgan fingerprint density at radius 2 is 1.59 bits per heavy atom. The highest BCUT2D eigenvalue weighted by molar-refractivity contribution is 8.26. The summed E-state index contributed by atoms with van der Waals surface area (Å²) in [5.74, 6) is -1.37. The summed E-state index contributed by atoms with van der Waals surface area (Å²) < 4.78 is 84.7. The number of ether oxygens (including phenoxy) is 1. The van der Waals surface area contributed by atoms with Crippen molar-refractivity contribution in [3.63, 3.8) is 0 Å². The van der Waals surface area contributed by atoms with E-state index >= 15 is 0 Å². The summed E-state index contributed by atoms with van der Waals surface area (Å²) in [5.41, 5.74) is -3.64. The number of amides is 2. The normalized spacial score (nSPS) is 15.5. The molecule has 1 aromatic carbocycles. The van der Waals surface area contributed by atoms with Gasteiger partial charge in [0.15, 0.2) is 0 Å². The number of rotatable bonds is 8. The number of halogens is 6. The van der Waals surface area contributed by atoms with E-state index in [-0.39, 0.29) is 52.4 Å². The molecule has 41 heavy (non-hydrogen) atoms. The Balaban J connectivity index is 1.65. The lowest BCUT2D eigenvalue weighted by Crippen LogP contribution is -2.34. The van der Waals surface area contributed by atoms with Crippen LogP contribution in [0.3, 0.4) is 0 Å². The minimum absolute atomic E-state index is 0.0202. The third-order valence-corrected chi connectivity index (χ3v) is 7.58. The fourth-order valence-electron chi connectivity index (χ4n) is 3.52. The van der Waals surface area contributed by atoms with Gasteiger partial charge in [-0.15, -0.1) is 11.3 Å². The number of thiophene rings is 1. The monoisotopic (exact) mass is 638 g/mol. The number of nitrogens with zero attached hydrogens (tertiary/aromatic N) is 1. The van der Waals surface area contributed by atoms with Crippen molar-refractivity contribution < 1.29 is 45.5 Å². The van der Waals surface area contributed by atoms with Crippen molar-refractivity contribution in [2.75, 3.05) is 13.1 Å². The average molecular weight is 639 g/mol. The van der Waals surface area contributed by atoms with Gasteiger partial charge in [0.25, 0.3) is 5.91 Å². The molecule has 2 amide bonds. The molecule has 1 aliphatic heterocycles. The van der Waals surface area contributed by atoms with E-state index in [1.54, 1.807) is 20.8 Å². The van der Waals surface area contributed by atoms with Crippen molar-refractivity contribution in [1.82, 2.24) is 10.2 Å². The molecule has 0 saturated carbocycles. The van der Waals surface area contributed by atoms with E-state index in [1.165, 1.54) is 22.4 Å². The highest BCUT2D eigenvalue weighted by atomic mass is 32.2. The molecule has 1 aromatic heterocycles. The quantitative estimate of drug-likeness (QED) is 0.147. The number of benzene rings is 1. The molecule has 15 heteroatoms. The Morgan fingerprint density at radius 3 is 2.15 bits per heavy atom. The molecule has 0 unspecified atom stereocenters. The molecule has 1 N–H and O–H groups in total. The summed E-state index contributed by atoms with van der Waals surface area (Å²) in [4.78, 5) is 38.6. The lowest BCUT2D eigenvalue weighted by molar-refractivity contribution is -0.154. The van der Waals surface area contributed by atoms with Gasteiger partial charge in [-0.25, -0.2) is 0 Å². The summed E-state index contributed by atoms with van der Waals surface area (Å²) in [7, 11) is 0. The third-order valence-electron chi connectivity index (χ3n) is 5.32. The van der Waals surface area contributed by atoms with Crippen molar-refractivity contribution >= 4 is 63.5 Å². The van der Waals surface area contributed by atoms with Crippen LogP contribution in [0.2, 0.25) is 0 Å². The van der Waals surface area contributed by atoms with Gasteiger partial charge in [-0.2, -0.15) is 26.3 Å². The van der Waals surface area contributed by atoms with E-state index < -0.39 is 46.9 Å².